The van der Waals surface area contributed by atoms with Crippen LogP contribution in [0.25, 0.3) is 0 Å². The van der Waals surface area contributed by atoms with Gasteiger partial charge in [0, 0.05) is 6.54 Å². The molecule has 0 unspecified atom stereocenters. The number of hydrogen-bond acceptors (Lipinski definition) is 5. The number of benzene rings is 2. The zero-order valence-corrected chi connectivity index (χ0v) is 19.4. The Hall–Kier alpha value is -2.29. The Balaban J connectivity index is 2.14. The van der Waals surface area contributed by atoms with E-state index < -0.39 is 11.8 Å². The van der Waals surface area contributed by atoms with Crippen LogP contribution in [0.2, 0.25) is 10.0 Å². The Morgan fingerprint density at radius 1 is 1.10 bits per heavy atom. The van der Waals surface area contributed by atoms with Crippen molar-refractivity contribution < 1.29 is 19.1 Å². The molecule has 0 aliphatic carbocycles. The molecule has 10 heteroatoms. The topological polar surface area (TPSA) is 89.0 Å². The number of carbonyl (C=O) groups excluding carboxylic acids is 2. The fourth-order valence-electron chi connectivity index (χ4n) is 2.31. The second-order valence-corrected chi connectivity index (χ2v) is 7.53. The van der Waals surface area contributed by atoms with E-state index in [1.54, 1.807) is 31.2 Å². The summed E-state index contributed by atoms with van der Waals surface area (Å²) in [6.07, 6.45) is 1.40. The van der Waals surface area contributed by atoms with E-state index in [0.717, 1.165) is 5.56 Å². The van der Waals surface area contributed by atoms with E-state index in [1.165, 1.54) is 6.21 Å². The van der Waals surface area contributed by atoms with Gasteiger partial charge < -0.3 is 14.8 Å². The third kappa shape index (κ3) is 6.90. The van der Waals surface area contributed by atoms with Crippen LogP contribution in [0.4, 0.5) is 0 Å². The Bertz CT molecular complexity index is 954. The van der Waals surface area contributed by atoms with Gasteiger partial charge in [-0.05, 0) is 65.2 Å². The fraction of sp³-hybridized carbons (Fsp3) is 0.250. The van der Waals surface area contributed by atoms with Crippen molar-refractivity contribution in [1.82, 2.24) is 10.7 Å². The van der Waals surface area contributed by atoms with Crippen molar-refractivity contribution in [2.45, 2.75) is 20.5 Å². The van der Waals surface area contributed by atoms with Crippen LogP contribution in [-0.4, -0.2) is 31.2 Å². The average Bonchev–Trinajstić information content (AvgIpc) is 2.70. The van der Waals surface area contributed by atoms with Crippen molar-refractivity contribution >= 4 is 57.2 Å². The first-order valence-corrected chi connectivity index (χ1v) is 10.5. The lowest BCUT2D eigenvalue weighted by Crippen LogP contribution is -2.37. The van der Waals surface area contributed by atoms with Crippen molar-refractivity contribution in [2.24, 2.45) is 5.10 Å². The summed E-state index contributed by atoms with van der Waals surface area (Å²) < 4.78 is 12.2. The lowest BCUT2D eigenvalue weighted by Gasteiger charge is -2.15. The summed E-state index contributed by atoms with van der Waals surface area (Å²) >= 11 is 15.5. The molecule has 2 N–H and O–H groups in total. The van der Waals surface area contributed by atoms with Crippen LogP contribution in [0.5, 0.6) is 11.5 Å². The summed E-state index contributed by atoms with van der Waals surface area (Å²) in [4.78, 5) is 23.0. The van der Waals surface area contributed by atoms with E-state index in [1.807, 2.05) is 13.0 Å². The predicted molar refractivity (Wildman–Crippen MR) is 121 cm³/mol. The van der Waals surface area contributed by atoms with E-state index >= 15 is 0 Å². The molecule has 2 aromatic rings. The minimum atomic E-state index is -0.848. The van der Waals surface area contributed by atoms with Crippen LogP contribution in [0.3, 0.4) is 0 Å². The molecule has 0 radical (unpaired) electrons. The summed E-state index contributed by atoms with van der Waals surface area (Å²) in [5.41, 5.74) is 3.64. The van der Waals surface area contributed by atoms with Gasteiger partial charge in [-0.25, -0.2) is 5.43 Å². The molecule has 0 spiro atoms. The number of hydrogen-bond donors (Lipinski definition) is 2. The highest BCUT2D eigenvalue weighted by Crippen LogP contribution is 2.37. The molecule has 30 heavy (non-hydrogen) atoms. The molecule has 0 bridgehead atoms. The van der Waals surface area contributed by atoms with Gasteiger partial charge >= 0.3 is 11.8 Å². The molecule has 0 aromatic heterocycles. The standard InChI is InChI=1S/C20H20BrCl2N3O4/c1-3-24-19(27)20(28)26-25-10-13-7-14(21)18(17(9-13)29-4-2)30-11-12-5-6-15(22)16(23)8-12/h5-10H,3-4,11H2,1-2H3,(H,24,27)(H,26,28)/b25-10-. The van der Waals surface area contributed by atoms with Crippen LogP contribution < -0.4 is 20.2 Å². The quantitative estimate of drug-likeness (QED) is 0.310. The van der Waals surface area contributed by atoms with Crippen LogP contribution in [0.15, 0.2) is 39.9 Å². The Morgan fingerprint density at radius 2 is 1.87 bits per heavy atom. The molecule has 0 saturated carbocycles. The average molecular weight is 517 g/mol. The number of likely N-dealkylation sites (N-methyl/N-ethyl adjacent to an activating group) is 1. The Labute approximate surface area is 192 Å². The van der Waals surface area contributed by atoms with E-state index in [4.69, 9.17) is 32.7 Å². The van der Waals surface area contributed by atoms with Gasteiger partial charge in [0.1, 0.15) is 6.61 Å². The van der Waals surface area contributed by atoms with Crippen molar-refractivity contribution in [3.05, 3.63) is 56.0 Å². The first-order chi connectivity index (χ1) is 14.3. The monoisotopic (exact) mass is 515 g/mol. The molecule has 2 amide bonds. The molecule has 2 aromatic carbocycles. The maximum Gasteiger partial charge on any atom is 0.329 e. The number of hydrazone groups is 1. The van der Waals surface area contributed by atoms with Crippen molar-refractivity contribution in [2.75, 3.05) is 13.2 Å². The smallest absolute Gasteiger partial charge is 0.329 e. The minimum Gasteiger partial charge on any atom is -0.490 e. The SMILES string of the molecule is CCNC(=O)C(=O)N/N=C\c1cc(Br)c(OCc2ccc(Cl)c(Cl)c2)c(OCC)c1. The number of nitrogens with one attached hydrogen (secondary N) is 2. The second kappa shape index (κ2) is 11.8. The number of carbonyl (C=O) groups is 2. The maximum absolute atomic E-state index is 11.6. The van der Waals surface area contributed by atoms with Gasteiger partial charge in [-0.3, -0.25) is 9.59 Å². The summed E-state index contributed by atoms with van der Waals surface area (Å²) in [6.45, 7) is 4.59. The van der Waals surface area contributed by atoms with Crippen LogP contribution >= 0.6 is 39.1 Å². The summed E-state index contributed by atoms with van der Waals surface area (Å²) in [5, 5.41) is 7.10. The molecule has 7 nitrogen and oxygen atoms in total. The van der Waals surface area contributed by atoms with Gasteiger partial charge in [0.15, 0.2) is 11.5 Å². The van der Waals surface area contributed by atoms with Crippen LogP contribution in [-0.2, 0) is 16.2 Å². The van der Waals surface area contributed by atoms with E-state index in [0.29, 0.717) is 44.7 Å². The highest BCUT2D eigenvalue weighted by atomic mass is 79.9. The molecule has 2 rings (SSSR count). The number of nitrogens with zero attached hydrogens (tertiary/aromatic N) is 1. The first-order valence-electron chi connectivity index (χ1n) is 9.00. The van der Waals surface area contributed by atoms with Crippen LogP contribution in [0, 0.1) is 0 Å². The lowest BCUT2D eigenvalue weighted by molar-refractivity contribution is -0.139. The van der Waals surface area contributed by atoms with E-state index in [2.05, 4.69) is 31.8 Å². The number of rotatable bonds is 8. The third-order valence-electron chi connectivity index (χ3n) is 3.62. The van der Waals surface area contributed by atoms with Gasteiger partial charge in [0.2, 0.25) is 0 Å². The Morgan fingerprint density at radius 3 is 2.53 bits per heavy atom. The molecule has 160 valence electrons. The highest BCUT2D eigenvalue weighted by Gasteiger charge is 2.13. The third-order valence-corrected chi connectivity index (χ3v) is 4.95. The Kier molecular flexibility index (Phi) is 9.42. The zero-order chi connectivity index (χ0) is 22.1. The summed E-state index contributed by atoms with van der Waals surface area (Å²) in [5.74, 6) is -0.606. The summed E-state index contributed by atoms with van der Waals surface area (Å²) in [6, 6.07) is 8.71. The predicted octanol–water partition coefficient (Wildman–Crippen LogP) is 4.32. The number of ether oxygens (including phenoxy) is 2. The highest BCUT2D eigenvalue weighted by molar-refractivity contribution is 9.10. The zero-order valence-electron chi connectivity index (χ0n) is 16.3. The summed E-state index contributed by atoms with van der Waals surface area (Å²) in [7, 11) is 0. The fourth-order valence-corrected chi connectivity index (χ4v) is 3.20. The van der Waals surface area contributed by atoms with Crippen LogP contribution in [0.1, 0.15) is 25.0 Å². The molecular weight excluding hydrogens is 497 g/mol. The van der Waals surface area contributed by atoms with E-state index in [9.17, 15) is 9.59 Å². The van der Waals surface area contributed by atoms with Gasteiger partial charge in [0.05, 0.1) is 27.3 Å². The van der Waals surface area contributed by atoms with Crippen molar-refractivity contribution in [3.8, 4) is 11.5 Å². The molecule has 0 aliphatic rings. The molecule has 0 fully saturated rings. The molecule has 0 saturated heterocycles. The maximum atomic E-state index is 11.6. The van der Waals surface area contributed by atoms with Crippen molar-refractivity contribution in [3.63, 3.8) is 0 Å². The van der Waals surface area contributed by atoms with Gasteiger partial charge in [0.25, 0.3) is 0 Å². The molecule has 0 heterocycles. The largest absolute Gasteiger partial charge is 0.490 e. The first kappa shape index (κ1) is 24.0. The normalized spacial score (nSPS) is 10.7. The van der Waals surface area contributed by atoms with Crippen molar-refractivity contribution in [1.29, 1.82) is 0 Å². The van der Waals surface area contributed by atoms with Gasteiger partial charge in [-0.15, -0.1) is 0 Å². The second-order valence-electron chi connectivity index (χ2n) is 5.86. The number of halogens is 3. The van der Waals surface area contributed by atoms with E-state index in [-0.39, 0.29) is 6.61 Å². The molecule has 0 aliphatic heterocycles. The van der Waals surface area contributed by atoms with Gasteiger partial charge in [-0.1, -0.05) is 29.3 Å². The minimum absolute atomic E-state index is 0.256. The lowest BCUT2D eigenvalue weighted by atomic mass is 10.2. The van der Waals surface area contributed by atoms with Gasteiger partial charge in [-0.2, -0.15) is 5.10 Å². The molecule has 0 atom stereocenters. The molecular formula is C20H20BrCl2N3O4. The number of amides is 2.